The number of hydrogen-bond donors (Lipinski definition) is 2. The molecule has 0 radical (unpaired) electrons. The lowest BCUT2D eigenvalue weighted by Gasteiger charge is -2.02. The lowest BCUT2D eigenvalue weighted by molar-refractivity contribution is -0.115. The van der Waals surface area contributed by atoms with Crippen LogP contribution in [0.25, 0.3) is 0 Å². The third kappa shape index (κ3) is 1.29. The molecule has 1 aromatic rings. The second-order valence-electron chi connectivity index (χ2n) is 2.66. The van der Waals surface area contributed by atoms with Crippen LogP contribution in [0.15, 0.2) is 18.3 Å². The summed E-state index contributed by atoms with van der Waals surface area (Å²) < 4.78 is 0. The Bertz CT molecular complexity index is 311. The molecule has 0 spiro atoms. The number of amides is 1. The first-order chi connectivity index (χ1) is 5.86. The number of pyridine rings is 1. The molecule has 4 heteroatoms. The summed E-state index contributed by atoms with van der Waals surface area (Å²) in [6.45, 7) is 1.05. The molecular formula is C8H9N3O. The van der Waals surface area contributed by atoms with Gasteiger partial charge >= 0.3 is 0 Å². The van der Waals surface area contributed by atoms with Gasteiger partial charge in [0.2, 0.25) is 5.91 Å². The van der Waals surface area contributed by atoms with Crippen molar-refractivity contribution in [1.29, 1.82) is 0 Å². The molecule has 1 aromatic heterocycles. The summed E-state index contributed by atoms with van der Waals surface area (Å²) in [5, 5.41) is 5.71. The Morgan fingerprint density at radius 2 is 2.33 bits per heavy atom. The van der Waals surface area contributed by atoms with Crippen LogP contribution in [0, 0.1) is 0 Å². The van der Waals surface area contributed by atoms with Gasteiger partial charge in [0.1, 0.15) is 5.82 Å². The standard InChI is InChI=1S/C8H9N3O/c12-7-5-9-4-6-2-1-3-10-8(6)11-7/h1-3,9H,4-5H2,(H,10,11,12). The van der Waals surface area contributed by atoms with Gasteiger partial charge < -0.3 is 10.6 Å². The van der Waals surface area contributed by atoms with Crippen LogP contribution in [0.2, 0.25) is 0 Å². The molecule has 62 valence electrons. The van der Waals surface area contributed by atoms with Gasteiger partial charge in [0.15, 0.2) is 0 Å². The Balaban J connectivity index is 2.37. The van der Waals surface area contributed by atoms with Crippen LogP contribution in [0.3, 0.4) is 0 Å². The predicted octanol–water partition coefficient (Wildman–Crippen LogP) is 0.123. The van der Waals surface area contributed by atoms with Crippen LogP contribution in [-0.4, -0.2) is 17.4 Å². The number of hydrogen-bond acceptors (Lipinski definition) is 3. The van der Waals surface area contributed by atoms with E-state index in [2.05, 4.69) is 15.6 Å². The minimum absolute atomic E-state index is 0.0348. The van der Waals surface area contributed by atoms with Gasteiger partial charge in [-0.05, 0) is 6.07 Å². The highest BCUT2D eigenvalue weighted by Gasteiger charge is 2.11. The monoisotopic (exact) mass is 163 g/mol. The molecule has 4 nitrogen and oxygen atoms in total. The summed E-state index contributed by atoms with van der Waals surface area (Å²) in [5.74, 6) is 0.639. The quantitative estimate of drug-likeness (QED) is 0.571. The Hall–Kier alpha value is -1.42. The van der Waals surface area contributed by atoms with Gasteiger partial charge in [0.05, 0.1) is 6.54 Å². The van der Waals surface area contributed by atoms with E-state index in [0.717, 1.165) is 5.56 Å². The molecule has 0 unspecified atom stereocenters. The maximum Gasteiger partial charge on any atom is 0.239 e. The van der Waals surface area contributed by atoms with Gasteiger partial charge in [0, 0.05) is 18.3 Å². The molecule has 1 amide bonds. The number of nitrogens with one attached hydrogen (secondary N) is 2. The lowest BCUT2D eigenvalue weighted by atomic mass is 10.2. The number of rotatable bonds is 0. The van der Waals surface area contributed by atoms with Crippen LogP contribution in [0.5, 0.6) is 0 Å². The number of aromatic nitrogens is 1. The van der Waals surface area contributed by atoms with Crippen molar-refractivity contribution >= 4 is 11.7 Å². The van der Waals surface area contributed by atoms with E-state index in [1.54, 1.807) is 6.20 Å². The first kappa shape index (κ1) is 7.24. The third-order valence-corrected chi connectivity index (χ3v) is 1.75. The Labute approximate surface area is 70.0 Å². The highest BCUT2D eigenvalue weighted by molar-refractivity contribution is 5.92. The van der Waals surface area contributed by atoms with E-state index in [1.165, 1.54) is 0 Å². The largest absolute Gasteiger partial charge is 0.309 e. The molecule has 2 heterocycles. The Morgan fingerprint density at radius 3 is 3.25 bits per heavy atom. The van der Waals surface area contributed by atoms with Crippen molar-refractivity contribution in [2.75, 3.05) is 11.9 Å². The van der Waals surface area contributed by atoms with Gasteiger partial charge in [0.25, 0.3) is 0 Å². The summed E-state index contributed by atoms with van der Waals surface area (Å²) in [4.78, 5) is 15.1. The summed E-state index contributed by atoms with van der Waals surface area (Å²) >= 11 is 0. The zero-order chi connectivity index (χ0) is 8.39. The smallest absolute Gasteiger partial charge is 0.239 e. The first-order valence-electron chi connectivity index (χ1n) is 3.81. The van der Waals surface area contributed by atoms with E-state index in [1.807, 2.05) is 12.1 Å². The van der Waals surface area contributed by atoms with Crippen LogP contribution in [-0.2, 0) is 11.3 Å². The maximum atomic E-state index is 11.0. The van der Waals surface area contributed by atoms with Crippen LogP contribution in [0.1, 0.15) is 5.56 Å². The van der Waals surface area contributed by atoms with E-state index < -0.39 is 0 Å². The molecule has 0 aromatic carbocycles. The van der Waals surface area contributed by atoms with Crippen molar-refractivity contribution in [2.24, 2.45) is 0 Å². The molecule has 2 rings (SSSR count). The SMILES string of the molecule is O=C1CNCc2cccnc2N1. The molecule has 0 fully saturated rings. The number of carbonyl (C=O) groups excluding carboxylic acids is 1. The summed E-state index contributed by atoms with van der Waals surface area (Å²) in [6.07, 6.45) is 1.67. The molecule has 0 aliphatic carbocycles. The fourth-order valence-corrected chi connectivity index (χ4v) is 1.18. The first-order valence-corrected chi connectivity index (χ1v) is 3.81. The second-order valence-corrected chi connectivity index (χ2v) is 2.66. The van der Waals surface area contributed by atoms with E-state index in [-0.39, 0.29) is 5.91 Å². The molecule has 2 N–H and O–H groups in total. The van der Waals surface area contributed by atoms with Gasteiger partial charge in [-0.25, -0.2) is 4.98 Å². The van der Waals surface area contributed by atoms with Crippen LogP contribution >= 0.6 is 0 Å². The van der Waals surface area contributed by atoms with Crippen molar-refractivity contribution in [3.8, 4) is 0 Å². The van der Waals surface area contributed by atoms with Gasteiger partial charge in [-0.2, -0.15) is 0 Å². The fraction of sp³-hybridized carbons (Fsp3) is 0.250. The summed E-state index contributed by atoms with van der Waals surface area (Å²) in [7, 11) is 0. The highest BCUT2D eigenvalue weighted by Crippen LogP contribution is 2.12. The van der Waals surface area contributed by atoms with Crippen LogP contribution < -0.4 is 10.6 Å². The zero-order valence-electron chi connectivity index (χ0n) is 6.50. The lowest BCUT2D eigenvalue weighted by Crippen LogP contribution is -2.23. The topological polar surface area (TPSA) is 54.0 Å². The van der Waals surface area contributed by atoms with E-state index in [4.69, 9.17) is 0 Å². The summed E-state index contributed by atoms with van der Waals surface area (Å²) in [6, 6.07) is 3.80. The third-order valence-electron chi connectivity index (χ3n) is 1.75. The Morgan fingerprint density at radius 1 is 1.42 bits per heavy atom. The minimum atomic E-state index is -0.0348. The number of nitrogens with zero attached hydrogens (tertiary/aromatic N) is 1. The highest BCUT2D eigenvalue weighted by atomic mass is 16.2. The zero-order valence-corrected chi connectivity index (χ0v) is 6.50. The number of anilines is 1. The van der Waals surface area contributed by atoms with Gasteiger partial charge in [-0.1, -0.05) is 6.07 Å². The average Bonchev–Trinajstić information content (AvgIpc) is 2.25. The summed E-state index contributed by atoms with van der Waals surface area (Å²) in [5.41, 5.74) is 1.03. The molecule has 0 saturated carbocycles. The van der Waals surface area contributed by atoms with E-state index in [9.17, 15) is 4.79 Å². The van der Waals surface area contributed by atoms with Crippen molar-refractivity contribution in [3.05, 3.63) is 23.9 Å². The normalized spacial score (nSPS) is 16.2. The van der Waals surface area contributed by atoms with Crippen molar-refractivity contribution in [1.82, 2.24) is 10.3 Å². The molecular weight excluding hydrogens is 154 g/mol. The molecule has 0 atom stereocenters. The predicted molar refractivity (Wildman–Crippen MR) is 44.6 cm³/mol. The van der Waals surface area contributed by atoms with Crippen molar-refractivity contribution in [3.63, 3.8) is 0 Å². The fourth-order valence-electron chi connectivity index (χ4n) is 1.18. The molecule has 1 aliphatic rings. The van der Waals surface area contributed by atoms with Gasteiger partial charge in [-0.15, -0.1) is 0 Å². The Kier molecular flexibility index (Phi) is 1.75. The molecule has 0 saturated heterocycles. The van der Waals surface area contributed by atoms with E-state index in [0.29, 0.717) is 18.9 Å². The van der Waals surface area contributed by atoms with Crippen LogP contribution in [0.4, 0.5) is 5.82 Å². The van der Waals surface area contributed by atoms with E-state index >= 15 is 0 Å². The number of carbonyl (C=O) groups is 1. The van der Waals surface area contributed by atoms with Crippen molar-refractivity contribution in [2.45, 2.75) is 6.54 Å². The molecule has 1 aliphatic heterocycles. The second kappa shape index (κ2) is 2.91. The average molecular weight is 163 g/mol. The molecule has 12 heavy (non-hydrogen) atoms. The number of fused-ring (bicyclic) bond motifs is 1. The van der Waals surface area contributed by atoms with Gasteiger partial charge in [-0.3, -0.25) is 4.79 Å². The van der Waals surface area contributed by atoms with Crippen molar-refractivity contribution < 1.29 is 4.79 Å². The minimum Gasteiger partial charge on any atom is -0.309 e. The molecule has 0 bridgehead atoms. The maximum absolute atomic E-state index is 11.0.